The lowest BCUT2D eigenvalue weighted by Gasteiger charge is -2.28. The molecule has 2 aromatic rings. The van der Waals surface area contributed by atoms with E-state index in [1.165, 1.54) is 12.1 Å². The van der Waals surface area contributed by atoms with Crippen LogP contribution in [0.1, 0.15) is 36.2 Å². The van der Waals surface area contributed by atoms with Gasteiger partial charge in [0.2, 0.25) is 0 Å². The van der Waals surface area contributed by atoms with Gasteiger partial charge in [-0.05, 0) is 37.0 Å². The first-order valence-corrected chi connectivity index (χ1v) is 7.70. The van der Waals surface area contributed by atoms with Crippen molar-refractivity contribution in [1.82, 2.24) is 9.97 Å². The smallest absolute Gasteiger partial charge is 0.271 e. The van der Waals surface area contributed by atoms with Crippen molar-refractivity contribution in [2.75, 3.05) is 18.0 Å². The monoisotopic (exact) mass is 312 g/mol. The minimum absolute atomic E-state index is 0.0508. The second-order valence-electron chi connectivity index (χ2n) is 5.68. The van der Waals surface area contributed by atoms with E-state index in [0.29, 0.717) is 18.1 Å². The van der Waals surface area contributed by atoms with Crippen LogP contribution < -0.4 is 10.5 Å². The molecule has 0 spiro atoms. The Morgan fingerprint density at radius 1 is 1.30 bits per heavy atom. The van der Waals surface area contributed by atoms with Gasteiger partial charge < -0.3 is 9.88 Å². The number of nitrogens with one attached hydrogen (secondary N) is 1. The van der Waals surface area contributed by atoms with E-state index >= 15 is 0 Å². The Kier molecular flexibility index (Phi) is 4.38. The molecule has 1 aliphatic heterocycles. The number of H-pyrrole nitrogens is 1. The van der Waals surface area contributed by atoms with E-state index in [-0.39, 0.29) is 11.4 Å². The lowest BCUT2D eigenvalue weighted by molar-refractivity contribution is 0.571. The Labute approximate surface area is 133 Å². The highest BCUT2D eigenvalue weighted by Gasteiger charge is 2.19. The van der Waals surface area contributed by atoms with Gasteiger partial charge in [0.15, 0.2) is 11.4 Å². The average Bonchev–Trinajstić information content (AvgIpc) is 2.55. The van der Waals surface area contributed by atoms with E-state index in [1.54, 1.807) is 12.1 Å². The van der Waals surface area contributed by atoms with Crippen molar-refractivity contribution >= 4 is 5.82 Å². The van der Waals surface area contributed by atoms with Gasteiger partial charge >= 0.3 is 0 Å². The lowest BCUT2D eigenvalue weighted by atomic mass is 10.1. The van der Waals surface area contributed by atoms with E-state index in [9.17, 15) is 14.4 Å². The number of aromatic amines is 1. The summed E-state index contributed by atoms with van der Waals surface area (Å²) in [5.41, 5.74) is 0.340. The molecule has 0 saturated carbocycles. The summed E-state index contributed by atoms with van der Waals surface area (Å²) in [6.07, 6.45) is 3.52. The fourth-order valence-electron chi connectivity index (χ4n) is 2.87. The molecule has 6 heteroatoms. The summed E-state index contributed by atoms with van der Waals surface area (Å²) in [5.74, 6) is 0.567. The largest absolute Gasteiger partial charge is 0.355 e. The van der Waals surface area contributed by atoms with E-state index in [1.807, 2.05) is 11.0 Å². The Balaban J connectivity index is 1.97. The molecule has 1 N–H and O–H groups in total. The second-order valence-corrected chi connectivity index (χ2v) is 5.68. The van der Waals surface area contributed by atoms with Crippen LogP contribution in [0, 0.1) is 17.1 Å². The van der Waals surface area contributed by atoms with Crippen LogP contribution in [-0.2, 0) is 6.42 Å². The Bertz CT molecular complexity index is 803. The summed E-state index contributed by atoms with van der Waals surface area (Å²) in [6, 6.07) is 8.14. The van der Waals surface area contributed by atoms with Crippen LogP contribution in [0.25, 0.3) is 0 Å². The molecule has 2 heterocycles. The molecule has 0 amide bonds. The van der Waals surface area contributed by atoms with Crippen molar-refractivity contribution in [3.8, 4) is 6.07 Å². The molecule has 1 aliphatic rings. The molecule has 118 valence electrons. The summed E-state index contributed by atoms with van der Waals surface area (Å²) in [5, 5.41) is 9.26. The molecule has 0 aliphatic carbocycles. The Morgan fingerprint density at radius 2 is 2.09 bits per heavy atom. The van der Waals surface area contributed by atoms with Crippen molar-refractivity contribution in [3.63, 3.8) is 0 Å². The van der Waals surface area contributed by atoms with Crippen molar-refractivity contribution in [1.29, 1.82) is 5.26 Å². The van der Waals surface area contributed by atoms with Crippen LogP contribution >= 0.6 is 0 Å². The van der Waals surface area contributed by atoms with Crippen LogP contribution in [0.15, 0.2) is 29.1 Å². The predicted octanol–water partition coefficient (Wildman–Crippen LogP) is 2.36. The zero-order valence-corrected chi connectivity index (χ0v) is 12.7. The summed E-state index contributed by atoms with van der Waals surface area (Å²) in [7, 11) is 0. The number of nitriles is 1. The van der Waals surface area contributed by atoms with Gasteiger partial charge in [0, 0.05) is 19.5 Å². The molecule has 0 unspecified atom stereocenters. The number of hydrogen-bond donors (Lipinski definition) is 1. The van der Waals surface area contributed by atoms with Crippen molar-refractivity contribution in [2.24, 2.45) is 0 Å². The predicted molar refractivity (Wildman–Crippen MR) is 84.8 cm³/mol. The maximum atomic E-state index is 13.3. The maximum Gasteiger partial charge on any atom is 0.271 e. The van der Waals surface area contributed by atoms with E-state index < -0.39 is 5.56 Å². The fourth-order valence-corrected chi connectivity index (χ4v) is 2.87. The topological polar surface area (TPSA) is 72.8 Å². The third-order valence-electron chi connectivity index (χ3n) is 3.98. The normalized spacial score (nSPS) is 14.5. The molecule has 1 aromatic heterocycles. The fraction of sp³-hybridized carbons (Fsp3) is 0.353. The molecular formula is C17H17FN4O. The van der Waals surface area contributed by atoms with Crippen LogP contribution in [-0.4, -0.2) is 23.1 Å². The van der Waals surface area contributed by atoms with Gasteiger partial charge in [0.1, 0.15) is 17.7 Å². The number of aromatic nitrogens is 2. The molecule has 5 nitrogen and oxygen atoms in total. The lowest BCUT2D eigenvalue weighted by Crippen LogP contribution is -2.33. The Hall–Kier alpha value is -2.68. The second kappa shape index (κ2) is 6.61. The first-order valence-electron chi connectivity index (χ1n) is 7.70. The van der Waals surface area contributed by atoms with Gasteiger partial charge in [-0.2, -0.15) is 5.26 Å². The summed E-state index contributed by atoms with van der Waals surface area (Å²) >= 11 is 0. The zero-order chi connectivity index (χ0) is 16.2. The first kappa shape index (κ1) is 15.2. The quantitative estimate of drug-likeness (QED) is 0.944. The molecule has 3 rings (SSSR count). The van der Waals surface area contributed by atoms with Crippen LogP contribution in [0.3, 0.4) is 0 Å². The SMILES string of the molecule is N#Cc1c(N2CCCCC2)nc(Cc2cccc(F)c2)[nH]c1=O. The van der Waals surface area contributed by atoms with Crippen LogP contribution in [0.4, 0.5) is 10.2 Å². The van der Waals surface area contributed by atoms with E-state index in [2.05, 4.69) is 9.97 Å². The highest BCUT2D eigenvalue weighted by molar-refractivity contribution is 5.53. The number of nitrogens with zero attached hydrogens (tertiary/aromatic N) is 3. The van der Waals surface area contributed by atoms with E-state index in [4.69, 9.17) is 0 Å². The first-order chi connectivity index (χ1) is 11.2. The summed E-state index contributed by atoms with van der Waals surface area (Å²) in [6.45, 7) is 1.59. The highest BCUT2D eigenvalue weighted by Crippen LogP contribution is 2.20. The van der Waals surface area contributed by atoms with Gasteiger partial charge in [-0.1, -0.05) is 12.1 Å². The number of benzene rings is 1. The number of rotatable bonds is 3. The zero-order valence-electron chi connectivity index (χ0n) is 12.7. The highest BCUT2D eigenvalue weighted by atomic mass is 19.1. The molecule has 0 radical (unpaired) electrons. The van der Waals surface area contributed by atoms with Gasteiger partial charge in [-0.15, -0.1) is 0 Å². The number of piperidine rings is 1. The summed E-state index contributed by atoms with van der Waals surface area (Å²) in [4.78, 5) is 21.3. The number of halogens is 1. The third-order valence-corrected chi connectivity index (χ3v) is 3.98. The minimum Gasteiger partial charge on any atom is -0.355 e. The molecule has 1 saturated heterocycles. The van der Waals surface area contributed by atoms with Crippen LogP contribution in [0.5, 0.6) is 0 Å². The van der Waals surface area contributed by atoms with Crippen molar-refractivity contribution in [3.05, 3.63) is 57.4 Å². The van der Waals surface area contributed by atoms with Gasteiger partial charge in [-0.3, -0.25) is 4.79 Å². The van der Waals surface area contributed by atoms with Gasteiger partial charge in [0.05, 0.1) is 0 Å². The molecule has 23 heavy (non-hydrogen) atoms. The molecule has 0 atom stereocenters. The summed E-state index contributed by atoms with van der Waals surface area (Å²) < 4.78 is 13.3. The average molecular weight is 312 g/mol. The number of hydrogen-bond acceptors (Lipinski definition) is 4. The molecule has 0 bridgehead atoms. The van der Waals surface area contributed by atoms with Gasteiger partial charge in [-0.25, -0.2) is 9.37 Å². The molecular weight excluding hydrogens is 295 g/mol. The van der Waals surface area contributed by atoms with Gasteiger partial charge in [0.25, 0.3) is 5.56 Å². The van der Waals surface area contributed by atoms with Crippen molar-refractivity contribution < 1.29 is 4.39 Å². The van der Waals surface area contributed by atoms with Crippen LogP contribution in [0.2, 0.25) is 0 Å². The number of anilines is 1. The maximum absolute atomic E-state index is 13.3. The molecule has 1 aromatic carbocycles. The minimum atomic E-state index is -0.436. The Morgan fingerprint density at radius 3 is 2.78 bits per heavy atom. The standard InChI is InChI=1S/C17H17FN4O/c18-13-6-4-5-12(9-13)10-15-20-16(14(11-19)17(23)21-15)22-7-2-1-3-8-22/h4-6,9H,1-3,7-8,10H2,(H,20,21,23). The van der Waals surface area contributed by atoms with Crippen molar-refractivity contribution in [2.45, 2.75) is 25.7 Å². The third kappa shape index (κ3) is 3.39. The molecule has 1 fully saturated rings. The van der Waals surface area contributed by atoms with E-state index in [0.717, 1.165) is 37.9 Å².